The third-order valence-electron chi connectivity index (χ3n) is 2.31. The summed E-state index contributed by atoms with van der Waals surface area (Å²) in [5, 5.41) is 5.74. The van der Waals surface area contributed by atoms with E-state index < -0.39 is 21.7 Å². The molecule has 1 rings (SSSR count). The summed E-state index contributed by atoms with van der Waals surface area (Å²) in [6.45, 7) is 6.35. The molecule has 0 unspecified atom stereocenters. The monoisotopic (exact) mass is 329 g/mol. The molecule has 0 aliphatic heterocycles. The van der Waals surface area contributed by atoms with Gasteiger partial charge in [0.15, 0.2) is 0 Å². The average molecular weight is 329 g/mol. The molecule has 0 spiro atoms. The van der Waals surface area contributed by atoms with Crippen molar-refractivity contribution in [1.82, 2.24) is 5.32 Å². The fraction of sp³-hybridized carbons (Fsp3) is 0.500. The van der Waals surface area contributed by atoms with Gasteiger partial charge in [-0.1, -0.05) is 0 Å². The predicted molar refractivity (Wildman–Crippen MR) is 87.6 cm³/mol. The second-order valence-corrected chi connectivity index (χ2v) is 7.56. The van der Waals surface area contributed by atoms with Gasteiger partial charge in [0.25, 0.3) is 0 Å². The number of anilines is 2. The fourth-order valence-electron chi connectivity index (χ4n) is 1.56. The van der Waals surface area contributed by atoms with Crippen LogP contribution in [0.5, 0.6) is 0 Å². The second kappa shape index (κ2) is 7.35. The van der Waals surface area contributed by atoms with E-state index in [0.717, 1.165) is 11.9 Å². The van der Waals surface area contributed by atoms with Crippen molar-refractivity contribution in [2.45, 2.75) is 26.4 Å². The van der Waals surface area contributed by atoms with Crippen LogP contribution < -0.4 is 15.4 Å². The minimum absolute atomic E-state index is 0.415. The molecule has 1 amide bonds. The molecule has 0 aromatic heterocycles. The predicted octanol–water partition coefficient (Wildman–Crippen LogP) is 1.99. The molecule has 0 saturated carbocycles. The maximum absolute atomic E-state index is 11.4. The Labute approximate surface area is 131 Å². The number of nitrogens with one attached hydrogen (secondary N) is 3. The van der Waals surface area contributed by atoms with Crippen molar-refractivity contribution in [3.8, 4) is 0 Å². The van der Waals surface area contributed by atoms with E-state index >= 15 is 0 Å². The average Bonchev–Trinajstić information content (AvgIpc) is 2.32. The molecular weight excluding hydrogens is 306 g/mol. The first-order valence-electron chi connectivity index (χ1n) is 6.84. The van der Waals surface area contributed by atoms with Gasteiger partial charge in [0.05, 0.1) is 6.26 Å². The number of carbonyl (C=O) groups is 1. The molecule has 22 heavy (non-hydrogen) atoms. The maximum atomic E-state index is 11.4. The number of carbonyl (C=O) groups excluding carboxylic acids is 1. The molecule has 0 aliphatic carbocycles. The molecular formula is C14H23N3O4S. The molecule has 0 fully saturated rings. The van der Waals surface area contributed by atoms with Gasteiger partial charge in [-0.25, -0.2) is 13.2 Å². The van der Waals surface area contributed by atoms with Crippen LogP contribution in [0.15, 0.2) is 24.3 Å². The van der Waals surface area contributed by atoms with E-state index in [1.165, 1.54) is 0 Å². The topological polar surface area (TPSA) is 96.5 Å². The number of hydrogen-bond donors (Lipinski definition) is 3. The summed E-state index contributed by atoms with van der Waals surface area (Å²) in [6.07, 6.45) is 0.642. The molecule has 0 bridgehead atoms. The third-order valence-corrected chi connectivity index (χ3v) is 2.92. The Bertz CT molecular complexity index is 592. The Balaban J connectivity index is 2.32. The van der Waals surface area contributed by atoms with E-state index in [1.807, 2.05) is 0 Å². The van der Waals surface area contributed by atoms with Crippen molar-refractivity contribution in [2.24, 2.45) is 0 Å². The van der Waals surface area contributed by atoms with Crippen LogP contribution in [0.25, 0.3) is 0 Å². The van der Waals surface area contributed by atoms with Crippen molar-refractivity contribution in [3.63, 3.8) is 0 Å². The Hall–Kier alpha value is -1.96. The summed E-state index contributed by atoms with van der Waals surface area (Å²) in [7, 11) is -3.27. The van der Waals surface area contributed by atoms with Crippen molar-refractivity contribution >= 4 is 27.5 Å². The van der Waals surface area contributed by atoms with Crippen LogP contribution in [0.3, 0.4) is 0 Å². The lowest BCUT2D eigenvalue weighted by Crippen LogP contribution is -2.34. The zero-order chi connectivity index (χ0) is 16.8. The lowest BCUT2D eigenvalue weighted by Gasteiger charge is -2.19. The van der Waals surface area contributed by atoms with Crippen molar-refractivity contribution in [3.05, 3.63) is 24.3 Å². The molecule has 7 nitrogen and oxygen atoms in total. The summed E-state index contributed by atoms with van der Waals surface area (Å²) >= 11 is 0. The number of rotatable bonds is 6. The fourth-order valence-corrected chi connectivity index (χ4v) is 2.12. The van der Waals surface area contributed by atoms with Crippen LogP contribution in [-0.2, 0) is 14.8 Å². The standard InChI is InChI=1S/C14H23N3O4S/c1-14(2,3)21-13(18)16-10-9-15-11-5-7-12(8-6-11)17-22(4,19)20/h5-8,15,17H,9-10H2,1-4H3,(H,16,18). The highest BCUT2D eigenvalue weighted by Gasteiger charge is 2.15. The van der Waals surface area contributed by atoms with Gasteiger partial charge < -0.3 is 15.4 Å². The number of benzene rings is 1. The first kappa shape index (κ1) is 18.1. The number of alkyl carbamates (subject to hydrolysis) is 1. The van der Waals surface area contributed by atoms with E-state index in [-0.39, 0.29) is 0 Å². The van der Waals surface area contributed by atoms with Crippen molar-refractivity contribution in [2.75, 3.05) is 29.4 Å². The summed E-state index contributed by atoms with van der Waals surface area (Å²) in [4.78, 5) is 11.4. The highest BCUT2D eigenvalue weighted by atomic mass is 32.2. The second-order valence-electron chi connectivity index (χ2n) is 5.81. The first-order chi connectivity index (χ1) is 10.1. The van der Waals surface area contributed by atoms with E-state index in [2.05, 4.69) is 15.4 Å². The first-order valence-corrected chi connectivity index (χ1v) is 8.73. The Kier molecular flexibility index (Phi) is 6.04. The van der Waals surface area contributed by atoms with Gasteiger partial charge >= 0.3 is 6.09 Å². The molecule has 8 heteroatoms. The van der Waals surface area contributed by atoms with Gasteiger partial charge in [-0.15, -0.1) is 0 Å². The number of ether oxygens (including phenoxy) is 1. The highest BCUT2D eigenvalue weighted by molar-refractivity contribution is 7.92. The highest BCUT2D eigenvalue weighted by Crippen LogP contribution is 2.14. The Morgan fingerprint density at radius 1 is 1.09 bits per heavy atom. The number of sulfonamides is 1. The van der Waals surface area contributed by atoms with Crippen LogP contribution in [0.4, 0.5) is 16.2 Å². The summed E-state index contributed by atoms with van der Waals surface area (Å²) in [5.74, 6) is 0. The molecule has 1 aromatic rings. The minimum Gasteiger partial charge on any atom is -0.444 e. The van der Waals surface area contributed by atoms with Gasteiger partial charge in [-0.05, 0) is 45.0 Å². The van der Waals surface area contributed by atoms with Crippen LogP contribution in [0, 0.1) is 0 Å². The SMILES string of the molecule is CC(C)(C)OC(=O)NCCNc1ccc(NS(C)(=O)=O)cc1. The zero-order valence-electron chi connectivity index (χ0n) is 13.3. The quantitative estimate of drug-likeness (QED) is 0.694. The third kappa shape index (κ3) is 8.35. The number of amides is 1. The smallest absolute Gasteiger partial charge is 0.407 e. The van der Waals surface area contributed by atoms with Gasteiger partial charge in [0.2, 0.25) is 10.0 Å². The van der Waals surface area contributed by atoms with Gasteiger partial charge in [0.1, 0.15) is 5.60 Å². The summed E-state index contributed by atoms with van der Waals surface area (Å²) in [5.41, 5.74) is 0.810. The molecule has 124 valence electrons. The van der Waals surface area contributed by atoms with Crippen molar-refractivity contribution < 1.29 is 17.9 Å². The van der Waals surface area contributed by atoms with E-state index in [4.69, 9.17) is 4.74 Å². The van der Waals surface area contributed by atoms with Gasteiger partial charge in [0, 0.05) is 24.5 Å². The minimum atomic E-state index is -3.27. The lowest BCUT2D eigenvalue weighted by atomic mass is 10.2. The van der Waals surface area contributed by atoms with Gasteiger partial charge in [-0.3, -0.25) is 4.72 Å². The molecule has 1 aromatic carbocycles. The molecule has 0 saturated heterocycles. The molecule has 0 atom stereocenters. The molecule has 0 heterocycles. The van der Waals surface area contributed by atoms with Crippen LogP contribution in [-0.4, -0.2) is 39.5 Å². The number of hydrogen-bond acceptors (Lipinski definition) is 5. The zero-order valence-corrected chi connectivity index (χ0v) is 14.1. The van der Waals surface area contributed by atoms with Crippen LogP contribution >= 0.6 is 0 Å². The van der Waals surface area contributed by atoms with Crippen molar-refractivity contribution in [1.29, 1.82) is 0 Å². The lowest BCUT2D eigenvalue weighted by molar-refractivity contribution is 0.0530. The Morgan fingerprint density at radius 3 is 2.14 bits per heavy atom. The van der Waals surface area contributed by atoms with Crippen LogP contribution in [0.1, 0.15) is 20.8 Å². The van der Waals surface area contributed by atoms with E-state index in [0.29, 0.717) is 18.8 Å². The normalized spacial score (nSPS) is 11.6. The maximum Gasteiger partial charge on any atom is 0.407 e. The largest absolute Gasteiger partial charge is 0.444 e. The summed E-state index contributed by atoms with van der Waals surface area (Å²) < 4.78 is 29.7. The van der Waals surface area contributed by atoms with Gasteiger partial charge in [-0.2, -0.15) is 0 Å². The molecule has 0 radical (unpaired) electrons. The molecule has 0 aliphatic rings. The van der Waals surface area contributed by atoms with E-state index in [1.54, 1.807) is 45.0 Å². The van der Waals surface area contributed by atoms with E-state index in [9.17, 15) is 13.2 Å². The van der Waals surface area contributed by atoms with Crippen LogP contribution in [0.2, 0.25) is 0 Å². The summed E-state index contributed by atoms with van der Waals surface area (Å²) in [6, 6.07) is 6.82. The molecule has 3 N–H and O–H groups in total. The Morgan fingerprint density at radius 2 is 1.64 bits per heavy atom.